The van der Waals surface area contributed by atoms with Gasteiger partial charge in [-0.1, -0.05) is 55.8 Å². The largest absolute Gasteiger partial charge is 0.481 e. The standard InChI is InChI=1S/C22H26O3/c1-15(2)10-19-21(3,4)22(19,20(23)24)13-17-12-18(25-14-17)11-16-8-6-5-7-9-16/h5-10,12,14,19H,11,13H2,1-4H3,(H,23,24). The van der Waals surface area contributed by atoms with E-state index in [-0.39, 0.29) is 11.3 Å². The van der Waals surface area contributed by atoms with E-state index in [9.17, 15) is 9.90 Å². The maximum absolute atomic E-state index is 12.1. The van der Waals surface area contributed by atoms with Crippen LogP contribution in [0.1, 0.15) is 44.6 Å². The quantitative estimate of drug-likeness (QED) is 0.745. The molecule has 1 aromatic heterocycles. The number of rotatable bonds is 6. The molecule has 1 N–H and O–H groups in total. The van der Waals surface area contributed by atoms with Crippen LogP contribution in [-0.2, 0) is 17.6 Å². The van der Waals surface area contributed by atoms with Gasteiger partial charge in [0.1, 0.15) is 5.76 Å². The smallest absolute Gasteiger partial charge is 0.311 e. The predicted octanol–water partition coefficient (Wildman–Crippen LogP) is 5.11. The Balaban J connectivity index is 1.81. The summed E-state index contributed by atoms with van der Waals surface area (Å²) in [5, 5.41) is 9.97. The molecule has 3 nitrogen and oxygen atoms in total. The highest BCUT2D eigenvalue weighted by atomic mass is 16.4. The third-order valence-electron chi connectivity index (χ3n) is 5.67. The zero-order valence-electron chi connectivity index (χ0n) is 15.4. The highest BCUT2D eigenvalue weighted by Gasteiger charge is 2.74. The molecule has 1 aliphatic rings. The summed E-state index contributed by atoms with van der Waals surface area (Å²) in [6.45, 7) is 8.15. The van der Waals surface area contributed by atoms with Crippen molar-refractivity contribution in [2.24, 2.45) is 16.7 Å². The van der Waals surface area contributed by atoms with Gasteiger partial charge in [-0.05, 0) is 42.9 Å². The molecule has 2 unspecified atom stereocenters. The zero-order chi connectivity index (χ0) is 18.2. The monoisotopic (exact) mass is 338 g/mol. The first kappa shape index (κ1) is 17.5. The maximum Gasteiger partial charge on any atom is 0.311 e. The van der Waals surface area contributed by atoms with Crippen molar-refractivity contribution >= 4 is 5.97 Å². The van der Waals surface area contributed by atoms with E-state index in [1.165, 1.54) is 5.56 Å². The number of hydrogen-bond donors (Lipinski definition) is 1. The molecule has 1 saturated carbocycles. The lowest BCUT2D eigenvalue weighted by Crippen LogP contribution is -2.24. The van der Waals surface area contributed by atoms with Crippen LogP contribution in [0.5, 0.6) is 0 Å². The van der Waals surface area contributed by atoms with Gasteiger partial charge in [0.2, 0.25) is 0 Å². The molecular formula is C22H26O3. The Labute approximate surface area is 149 Å². The molecule has 1 aromatic carbocycles. The second-order valence-corrected chi connectivity index (χ2v) is 7.98. The normalized spacial score (nSPS) is 23.9. The van der Waals surface area contributed by atoms with E-state index in [4.69, 9.17) is 4.42 Å². The van der Waals surface area contributed by atoms with E-state index in [0.717, 1.165) is 23.3 Å². The molecule has 2 atom stereocenters. The average molecular weight is 338 g/mol. The first-order chi connectivity index (χ1) is 11.8. The summed E-state index contributed by atoms with van der Waals surface area (Å²) in [5.74, 6) is 0.208. The minimum absolute atomic E-state index is 0.0509. The molecule has 3 rings (SSSR count). The summed E-state index contributed by atoms with van der Waals surface area (Å²) < 4.78 is 5.70. The highest BCUT2D eigenvalue weighted by molar-refractivity contribution is 5.82. The summed E-state index contributed by atoms with van der Waals surface area (Å²) in [4.78, 5) is 12.1. The molecule has 132 valence electrons. The summed E-state index contributed by atoms with van der Waals surface area (Å²) in [6, 6.07) is 12.1. The molecular weight excluding hydrogens is 312 g/mol. The zero-order valence-corrected chi connectivity index (χ0v) is 15.4. The van der Waals surface area contributed by atoms with Crippen LogP contribution in [0.2, 0.25) is 0 Å². The minimum atomic E-state index is -0.752. The van der Waals surface area contributed by atoms with Gasteiger partial charge >= 0.3 is 5.97 Å². The Morgan fingerprint density at radius 1 is 1.20 bits per heavy atom. The van der Waals surface area contributed by atoms with E-state index in [1.807, 2.05) is 38.1 Å². The highest BCUT2D eigenvalue weighted by Crippen LogP contribution is 2.71. The molecule has 0 aliphatic heterocycles. The predicted molar refractivity (Wildman–Crippen MR) is 98.4 cm³/mol. The van der Waals surface area contributed by atoms with Crippen molar-refractivity contribution in [1.29, 1.82) is 0 Å². The lowest BCUT2D eigenvalue weighted by atomic mass is 9.89. The molecule has 0 saturated heterocycles. The second kappa shape index (κ2) is 6.21. The SMILES string of the molecule is CC(C)=CC1C(C)(C)C1(Cc1coc(Cc2ccccc2)c1)C(=O)O. The Morgan fingerprint density at radius 3 is 2.48 bits per heavy atom. The number of furan rings is 1. The molecule has 0 spiro atoms. The Hall–Kier alpha value is -2.29. The first-order valence-corrected chi connectivity index (χ1v) is 8.76. The van der Waals surface area contributed by atoms with Crippen molar-refractivity contribution in [2.45, 2.75) is 40.5 Å². The van der Waals surface area contributed by atoms with Crippen LogP contribution in [0, 0.1) is 16.7 Å². The fourth-order valence-corrected chi connectivity index (χ4v) is 4.13. The number of carboxylic acid groups (broad SMARTS) is 1. The van der Waals surface area contributed by atoms with Crippen molar-refractivity contribution in [3.63, 3.8) is 0 Å². The minimum Gasteiger partial charge on any atom is -0.481 e. The lowest BCUT2D eigenvalue weighted by Gasteiger charge is -2.14. The number of hydrogen-bond acceptors (Lipinski definition) is 2. The van der Waals surface area contributed by atoms with Crippen LogP contribution < -0.4 is 0 Å². The number of carbonyl (C=O) groups is 1. The molecule has 1 fully saturated rings. The summed E-state index contributed by atoms with van der Waals surface area (Å²) >= 11 is 0. The summed E-state index contributed by atoms with van der Waals surface area (Å²) in [7, 11) is 0. The maximum atomic E-state index is 12.1. The van der Waals surface area contributed by atoms with Crippen molar-refractivity contribution in [1.82, 2.24) is 0 Å². The van der Waals surface area contributed by atoms with Gasteiger partial charge in [-0.2, -0.15) is 0 Å². The van der Waals surface area contributed by atoms with Crippen LogP contribution in [0.15, 0.2) is 58.7 Å². The van der Waals surface area contributed by atoms with Gasteiger partial charge < -0.3 is 9.52 Å². The van der Waals surface area contributed by atoms with Gasteiger partial charge in [-0.25, -0.2) is 0 Å². The average Bonchev–Trinajstić information content (AvgIpc) is 2.85. The molecule has 25 heavy (non-hydrogen) atoms. The van der Waals surface area contributed by atoms with Crippen molar-refractivity contribution in [2.75, 3.05) is 0 Å². The van der Waals surface area contributed by atoms with E-state index < -0.39 is 11.4 Å². The van der Waals surface area contributed by atoms with Crippen LogP contribution in [0.25, 0.3) is 0 Å². The Morgan fingerprint density at radius 2 is 1.88 bits per heavy atom. The Kier molecular flexibility index (Phi) is 4.36. The van der Waals surface area contributed by atoms with Gasteiger partial charge in [-0.3, -0.25) is 4.79 Å². The fourth-order valence-electron chi connectivity index (χ4n) is 4.13. The number of aliphatic carboxylic acids is 1. The molecule has 0 amide bonds. The molecule has 2 aromatic rings. The van der Waals surface area contributed by atoms with Crippen LogP contribution in [0.3, 0.4) is 0 Å². The van der Waals surface area contributed by atoms with Crippen LogP contribution in [0.4, 0.5) is 0 Å². The molecule has 0 radical (unpaired) electrons. The third-order valence-corrected chi connectivity index (χ3v) is 5.67. The third kappa shape index (κ3) is 3.04. The van der Waals surface area contributed by atoms with Crippen LogP contribution in [-0.4, -0.2) is 11.1 Å². The van der Waals surface area contributed by atoms with Crippen molar-refractivity contribution in [3.05, 3.63) is 71.2 Å². The van der Waals surface area contributed by atoms with Gasteiger partial charge in [0.15, 0.2) is 0 Å². The fraction of sp³-hybridized carbons (Fsp3) is 0.409. The first-order valence-electron chi connectivity index (χ1n) is 8.76. The number of allylic oxidation sites excluding steroid dienone is 2. The lowest BCUT2D eigenvalue weighted by molar-refractivity contribution is -0.145. The summed E-state index contributed by atoms with van der Waals surface area (Å²) in [6.07, 6.45) is 5.06. The van der Waals surface area contributed by atoms with Crippen molar-refractivity contribution < 1.29 is 14.3 Å². The van der Waals surface area contributed by atoms with E-state index in [2.05, 4.69) is 32.1 Å². The van der Waals surface area contributed by atoms with Gasteiger partial charge in [-0.15, -0.1) is 0 Å². The van der Waals surface area contributed by atoms with E-state index in [0.29, 0.717) is 6.42 Å². The van der Waals surface area contributed by atoms with Gasteiger partial charge in [0, 0.05) is 12.3 Å². The van der Waals surface area contributed by atoms with E-state index >= 15 is 0 Å². The molecule has 1 aliphatic carbocycles. The molecule has 3 heteroatoms. The van der Waals surface area contributed by atoms with Crippen LogP contribution >= 0.6 is 0 Å². The molecule has 0 bridgehead atoms. The Bertz CT molecular complexity index is 794. The van der Waals surface area contributed by atoms with Gasteiger partial charge in [0.05, 0.1) is 11.7 Å². The summed E-state index contributed by atoms with van der Waals surface area (Å²) in [5.41, 5.74) is 2.31. The van der Waals surface area contributed by atoms with Gasteiger partial charge in [0.25, 0.3) is 0 Å². The number of benzene rings is 1. The van der Waals surface area contributed by atoms with Crippen molar-refractivity contribution in [3.8, 4) is 0 Å². The number of carboxylic acids is 1. The molecule has 1 heterocycles. The van der Waals surface area contributed by atoms with E-state index in [1.54, 1.807) is 6.26 Å². The second-order valence-electron chi connectivity index (χ2n) is 7.98. The topological polar surface area (TPSA) is 50.4 Å².